The van der Waals surface area contributed by atoms with Crippen LogP contribution < -0.4 is 0 Å². The van der Waals surface area contributed by atoms with Crippen molar-refractivity contribution in [2.24, 2.45) is 0 Å². The fraction of sp³-hybridized carbons (Fsp3) is 0.0526. The van der Waals surface area contributed by atoms with Crippen LogP contribution in [0.2, 0.25) is 0 Å². The summed E-state index contributed by atoms with van der Waals surface area (Å²) in [6, 6.07) is 46.4. The molecule has 0 heterocycles. The lowest BCUT2D eigenvalue weighted by atomic mass is 9.67. The molecule has 1 aliphatic rings. The molecule has 204 valence electrons. The normalized spacial score (nSPS) is 13.1. The second kappa shape index (κ2) is 11.1. The number of halogens is 4. The van der Waals surface area contributed by atoms with E-state index in [2.05, 4.69) is 198 Å². The molecule has 0 saturated carbocycles. The molecule has 0 fully saturated rings. The van der Waals surface area contributed by atoms with Gasteiger partial charge in [-0.15, -0.1) is 0 Å². The molecule has 0 atom stereocenters. The molecule has 42 heavy (non-hydrogen) atoms. The van der Waals surface area contributed by atoms with Crippen LogP contribution in [0.3, 0.4) is 0 Å². The molecule has 0 aliphatic heterocycles. The van der Waals surface area contributed by atoms with E-state index in [4.69, 9.17) is 0 Å². The molecule has 6 aromatic rings. The van der Waals surface area contributed by atoms with Crippen LogP contribution in [0.5, 0.6) is 0 Å². The van der Waals surface area contributed by atoms with Gasteiger partial charge < -0.3 is 0 Å². The molecule has 4 heteroatoms. The minimum absolute atomic E-state index is 0.549. The second-order valence-corrected chi connectivity index (χ2v) is 14.4. The lowest BCUT2D eigenvalue weighted by molar-refractivity contribution is 0.765. The van der Waals surface area contributed by atoms with Crippen molar-refractivity contribution in [3.8, 4) is 33.4 Å². The number of hydrogen-bond donors (Lipinski definition) is 0. The van der Waals surface area contributed by atoms with Crippen molar-refractivity contribution in [3.63, 3.8) is 0 Å². The highest BCUT2D eigenvalue weighted by Crippen LogP contribution is 2.60. The average molecular weight is 800 g/mol. The van der Waals surface area contributed by atoms with Gasteiger partial charge in [0.2, 0.25) is 0 Å². The highest BCUT2D eigenvalue weighted by molar-refractivity contribution is 9.11. The van der Waals surface area contributed by atoms with Gasteiger partial charge in [0.15, 0.2) is 0 Å². The van der Waals surface area contributed by atoms with Crippen LogP contribution in [0.15, 0.2) is 145 Å². The van der Waals surface area contributed by atoms with Crippen molar-refractivity contribution < 1.29 is 0 Å². The summed E-state index contributed by atoms with van der Waals surface area (Å²) in [5, 5.41) is 0. The van der Waals surface area contributed by atoms with E-state index < -0.39 is 5.41 Å². The van der Waals surface area contributed by atoms with Gasteiger partial charge in [-0.05, 0) is 105 Å². The van der Waals surface area contributed by atoms with E-state index in [1.165, 1.54) is 61.2 Å². The second-order valence-electron chi connectivity index (χ2n) is 10.7. The van der Waals surface area contributed by atoms with Crippen LogP contribution in [-0.4, -0.2) is 0 Å². The van der Waals surface area contributed by atoms with E-state index in [-0.39, 0.29) is 0 Å². The maximum Gasteiger partial charge on any atom is 0.0715 e. The molecule has 7 rings (SSSR count). The number of hydrogen-bond acceptors (Lipinski definition) is 0. The Kier molecular flexibility index (Phi) is 7.38. The van der Waals surface area contributed by atoms with Crippen LogP contribution in [0.1, 0.15) is 27.8 Å². The molecule has 0 N–H and O–H groups in total. The highest BCUT2D eigenvalue weighted by Gasteiger charge is 2.48. The molecule has 0 radical (unpaired) electrons. The van der Waals surface area contributed by atoms with Crippen LogP contribution in [0.25, 0.3) is 33.4 Å². The molecule has 0 saturated heterocycles. The van der Waals surface area contributed by atoms with Gasteiger partial charge >= 0.3 is 0 Å². The largest absolute Gasteiger partial charge is 0.0715 e. The van der Waals surface area contributed by atoms with Gasteiger partial charge in [0, 0.05) is 17.9 Å². The standard InChI is InChI=1S/C38H24Br4/c1-23-9-7-15-34-36(23)37-33(32-13-6-5-12-31(32)24-10-3-2-4-11-24)14-8-16-35(37)38(34,25-17-27(39)21-28(40)18-25)26-19-29(41)22-30(42)20-26/h2-22H,1H3. The molecule has 0 spiro atoms. The zero-order valence-corrected chi connectivity index (χ0v) is 29.0. The van der Waals surface area contributed by atoms with Gasteiger partial charge in [0.25, 0.3) is 0 Å². The number of fused-ring (bicyclic) bond motifs is 3. The predicted molar refractivity (Wildman–Crippen MR) is 190 cm³/mol. The zero-order chi connectivity index (χ0) is 29.0. The molecule has 6 aromatic carbocycles. The third kappa shape index (κ3) is 4.50. The van der Waals surface area contributed by atoms with Crippen LogP contribution in [0.4, 0.5) is 0 Å². The number of rotatable bonds is 4. The van der Waals surface area contributed by atoms with Crippen molar-refractivity contribution in [3.05, 3.63) is 173 Å². The maximum atomic E-state index is 3.82. The first-order chi connectivity index (χ1) is 20.4. The Morgan fingerprint density at radius 3 is 1.50 bits per heavy atom. The Morgan fingerprint density at radius 1 is 0.429 bits per heavy atom. The monoisotopic (exact) mass is 796 g/mol. The summed E-state index contributed by atoms with van der Waals surface area (Å²) < 4.78 is 4.14. The van der Waals surface area contributed by atoms with E-state index in [1.807, 2.05) is 0 Å². The zero-order valence-electron chi connectivity index (χ0n) is 22.6. The topological polar surface area (TPSA) is 0 Å². The molecular formula is C38H24Br4. The Hall–Kier alpha value is -2.76. The van der Waals surface area contributed by atoms with Crippen molar-refractivity contribution in [1.29, 1.82) is 0 Å². The van der Waals surface area contributed by atoms with Crippen LogP contribution >= 0.6 is 63.7 Å². The summed E-state index contributed by atoms with van der Waals surface area (Å²) in [5.41, 5.74) is 13.2. The minimum atomic E-state index is -0.549. The summed E-state index contributed by atoms with van der Waals surface area (Å²) in [6.07, 6.45) is 0. The summed E-state index contributed by atoms with van der Waals surface area (Å²) in [7, 11) is 0. The van der Waals surface area contributed by atoms with Crippen molar-refractivity contribution in [2.75, 3.05) is 0 Å². The summed E-state index contributed by atoms with van der Waals surface area (Å²) in [6.45, 7) is 2.24. The first-order valence-corrected chi connectivity index (χ1v) is 16.9. The van der Waals surface area contributed by atoms with E-state index in [0.29, 0.717) is 0 Å². The van der Waals surface area contributed by atoms with Crippen molar-refractivity contribution in [2.45, 2.75) is 12.3 Å². The Balaban J connectivity index is 1.66. The highest BCUT2D eigenvalue weighted by atomic mass is 79.9. The van der Waals surface area contributed by atoms with Gasteiger partial charge in [0.05, 0.1) is 5.41 Å². The minimum Gasteiger partial charge on any atom is -0.0622 e. The number of benzene rings is 6. The van der Waals surface area contributed by atoms with Gasteiger partial charge in [-0.1, -0.05) is 155 Å². The van der Waals surface area contributed by atoms with Gasteiger partial charge in [-0.25, -0.2) is 0 Å². The van der Waals surface area contributed by atoms with Crippen molar-refractivity contribution in [1.82, 2.24) is 0 Å². The summed E-state index contributed by atoms with van der Waals surface area (Å²) >= 11 is 15.3. The van der Waals surface area contributed by atoms with E-state index in [0.717, 1.165) is 17.9 Å². The molecule has 0 nitrogen and oxygen atoms in total. The molecule has 0 amide bonds. The van der Waals surface area contributed by atoms with E-state index in [1.54, 1.807) is 0 Å². The first kappa shape index (κ1) is 28.0. The first-order valence-electron chi connectivity index (χ1n) is 13.7. The van der Waals surface area contributed by atoms with Crippen LogP contribution in [-0.2, 0) is 5.41 Å². The predicted octanol–water partition coefficient (Wildman–Crippen LogP) is 12.7. The molecule has 0 bridgehead atoms. The maximum absolute atomic E-state index is 3.82. The SMILES string of the molecule is Cc1cccc2c1-c1c(-c3ccccc3-c3ccccc3)cccc1C2(c1cc(Br)cc(Br)c1)c1cc(Br)cc(Br)c1. The van der Waals surface area contributed by atoms with Gasteiger partial charge in [0.1, 0.15) is 0 Å². The van der Waals surface area contributed by atoms with Crippen molar-refractivity contribution >= 4 is 63.7 Å². The number of aryl methyl sites for hydroxylation is 1. The van der Waals surface area contributed by atoms with E-state index >= 15 is 0 Å². The molecule has 1 aliphatic carbocycles. The fourth-order valence-corrected chi connectivity index (χ4v) is 9.32. The Labute approximate surface area is 280 Å². The molecule has 0 aromatic heterocycles. The van der Waals surface area contributed by atoms with E-state index in [9.17, 15) is 0 Å². The Bertz CT molecular complexity index is 1900. The smallest absolute Gasteiger partial charge is 0.0622 e. The molecule has 0 unspecified atom stereocenters. The molecular weight excluding hydrogens is 776 g/mol. The summed E-state index contributed by atoms with van der Waals surface area (Å²) in [4.78, 5) is 0. The third-order valence-electron chi connectivity index (χ3n) is 8.29. The van der Waals surface area contributed by atoms with Gasteiger partial charge in [-0.3, -0.25) is 0 Å². The fourth-order valence-electron chi connectivity index (χ4n) is 6.73. The van der Waals surface area contributed by atoms with Crippen LogP contribution in [0, 0.1) is 6.92 Å². The quantitative estimate of drug-likeness (QED) is 0.166. The lowest BCUT2D eigenvalue weighted by Crippen LogP contribution is -2.29. The lowest BCUT2D eigenvalue weighted by Gasteiger charge is -2.34. The Morgan fingerprint density at radius 2 is 0.905 bits per heavy atom. The third-order valence-corrected chi connectivity index (χ3v) is 10.1. The average Bonchev–Trinajstić information content (AvgIpc) is 3.29. The summed E-state index contributed by atoms with van der Waals surface area (Å²) in [5.74, 6) is 0. The van der Waals surface area contributed by atoms with Gasteiger partial charge in [-0.2, -0.15) is 0 Å².